The molecule has 24 heteroatoms. The molecule has 0 heterocycles. The third-order valence-electron chi connectivity index (χ3n) is 6.16. The van der Waals surface area contributed by atoms with Crippen LogP contribution in [0.3, 0.4) is 0 Å². The number of aromatic carboxylic acids is 2. The van der Waals surface area contributed by atoms with Crippen LogP contribution in [0.1, 0.15) is 27.6 Å². The van der Waals surface area contributed by atoms with Gasteiger partial charge in [0, 0.05) is 12.6 Å². The lowest BCUT2D eigenvalue weighted by atomic mass is 10.1. The lowest BCUT2D eigenvalue weighted by Crippen LogP contribution is -2.08. The van der Waals surface area contributed by atoms with Crippen molar-refractivity contribution in [3.05, 3.63) is 59.7 Å². The van der Waals surface area contributed by atoms with Crippen molar-refractivity contribution in [1.29, 1.82) is 0 Å². The number of hydrogen-bond acceptors (Lipinski definition) is 15. The summed E-state index contributed by atoms with van der Waals surface area (Å²) in [4.78, 5) is 30.6. The zero-order valence-electron chi connectivity index (χ0n) is 24.7. The quantitative estimate of drug-likeness (QED) is 0.0534. The highest BCUT2D eigenvalue weighted by Crippen LogP contribution is 2.48. The van der Waals surface area contributed by atoms with Crippen LogP contribution in [0.25, 0.3) is 10.8 Å². The van der Waals surface area contributed by atoms with Gasteiger partial charge >= 0.3 is 11.9 Å². The molecule has 50 heavy (non-hydrogen) atoms. The molecule has 4 rings (SSSR count). The molecule has 0 atom stereocenters. The van der Waals surface area contributed by atoms with Gasteiger partial charge in [0.05, 0.1) is 33.6 Å². The number of nitrogens with one attached hydrogen (secondary N) is 1. The minimum atomic E-state index is -5.19. The van der Waals surface area contributed by atoms with Gasteiger partial charge in [0.2, 0.25) is 5.91 Å². The lowest BCUT2D eigenvalue weighted by molar-refractivity contribution is -0.114. The van der Waals surface area contributed by atoms with Crippen molar-refractivity contribution in [3.8, 4) is 11.5 Å². The number of azo groups is 1. The second-order valence-electron chi connectivity index (χ2n) is 9.74. The fraction of sp³-hybridized carbons (Fsp3) is 0.0385. The Labute approximate surface area is 280 Å². The van der Waals surface area contributed by atoms with Crippen molar-refractivity contribution in [3.63, 3.8) is 0 Å². The molecule has 0 aliphatic carbocycles. The Morgan fingerprint density at radius 1 is 0.680 bits per heavy atom. The Bertz CT molecular complexity index is 2430. The fourth-order valence-electron chi connectivity index (χ4n) is 4.06. The van der Waals surface area contributed by atoms with E-state index in [9.17, 15) is 59.0 Å². The molecule has 0 spiro atoms. The number of hydrogen-bond donors (Lipinski definition) is 10. The molecule has 0 unspecified atom stereocenters. The maximum atomic E-state index is 11.9. The first kappa shape index (κ1) is 38.5. The number of carbonyl (C=O) groups excluding carboxylic acids is 1. The van der Waals surface area contributed by atoms with E-state index in [1.807, 2.05) is 0 Å². The number of benzene rings is 4. The van der Waals surface area contributed by atoms with Gasteiger partial charge in [0.1, 0.15) is 20.4 Å². The van der Waals surface area contributed by atoms with Gasteiger partial charge in [-0.1, -0.05) is 0 Å². The normalized spacial score (nSPS) is 11.9. The molecular weight excluding hydrogens is 735 g/mol. The number of aromatic hydroxyl groups is 2. The number of nitrogens with two attached hydrogens (primary N) is 2. The van der Waals surface area contributed by atoms with Gasteiger partial charge in [-0.15, -0.1) is 5.11 Å². The van der Waals surface area contributed by atoms with Gasteiger partial charge in [-0.3, -0.25) is 18.5 Å². The molecule has 0 saturated carbocycles. The highest BCUT2D eigenvalue weighted by molar-refractivity contribution is 7.86. The number of carbonyl (C=O) groups is 3. The number of fused-ring (bicyclic) bond motifs is 1. The average Bonchev–Trinajstić information content (AvgIpc) is 2.97. The molecule has 4 aromatic carbocycles. The standard InChI is InChI=1S/C18H13N3O12S2.C8H10N2O4S/c19-13-10(34(28,29)30)4-6-5-11(35(31,32)33)14(16(23)12(6)15(13)22)21-20-9-2-7(17(24)25)1-8(3-9)18(26)27;1-5(11)10-6-2-3-7(9)8(4-6)15(12,13)14/h1-5,22-23H,19H2,(H,24,25)(H,26,27)(H,28,29,30)(H,31,32,33);2-4H,9H2,1H3,(H,10,11)(H,12,13,14). The Morgan fingerprint density at radius 2 is 1.18 bits per heavy atom. The zero-order chi connectivity index (χ0) is 38.1. The molecule has 12 N–H and O–H groups in total. The van der Waals surface area contributed by atoms with Crippen molar-refractivity contribution in [2.75, 3.05) is 16.8 Å². The molecule has 0 radical (unpaired) electrons. The molecular formula is C26H23N5O16S3. The summed E-state index contributed by atoms with van der Waals surface area (Å²) in [5, 5.41) is 47.4. The van der Waals surface area contributed by atoms with Crippen LogP contribution in [-0.2, 0) is 35.1 Å². The van der Waals surface area contributed by atoms with E-state index in [1.165, 1.54) is 19.1 Å². The summed E-state index contributed by atoms with van der Waals surface area (Å²) in [6.45, 7) is 1.28. The van der Waals surface area contributed by atoms with Gasteiger partial charge in [0.25, 0.3) is 30.4 Å². The molecule has 0 fully saturated rings. The molecule has 0 aliphatic heterocycles. The van der Waals surface area contributed by atoms with Crippen LogP contribution in [0.4, 0.5) is 28.4 Å². The van der Waals surface area contributed by atoms with Crippen LogP contribution >= 0.6 is 0 Å². The summed E-state index contributed by atoms with van der Waals surface area (Å²) in [7, 11) is -14.6. The number of anilines is 3. The highest BCUT2D eigenvalue weighted by atomic mass is 32.2. The smallest absolute Gasteiger partial charge is 0.335 e. The summed E-state index contributed by atoms with van der Waals surface area (Å²) in [6, 6.07) is 7.57. The fourth-order valence-corrected chi connectivity index (χ4v) is 6.01. The minimum absolute atomic E-state index is 0.0772. The monoisotopic (exact) mass is 757 g/mol. The molecule has 0 saturated heterocycles. The second kappa shape index (κ2) is 13.9. The van der Waals surface area contributed by atoms with E-state index in [0.717, 1.165) is 24.3 Å². The predicted molar refractivity (Wildman–Crippen MR) is 171 cm³/mol. The first-order chi connectivity index (χ1) is 22.8. The molecule has 0 bridgehead atoms. The topological polar surface area (TPSA) is 384 Å². The molecule has 266 valence electrons. The number of rotatable bonds is 8. The highest BCUT2D eigenvalue weighted by Gasteiger charge is 2.27. The summed E-state index contributed by atoms with van der Waals surface area (Å²) < 4.78 is 96.2. The van der Waals surface area contributed by atoms with E-state index in [2.05, 4.69) is 15.5 Å². The molecule has 1 amide bonds. The average molecular weight is 758 g/mol. The first-order valence-corrected chi connectivity index (χ1v) is 17.1. The largest absolute Gasteiger partial charge is 0.505 e. The molecule has 0 aliphatic rings. The molecule has 0 aromatic heterocycles. The first-order valence-electron chi connectivity index (χ1n) is 12.8. The predicted octanol–water partition coefficient (Wildman–Crippen LogP) is 2.61. The molecule has 4 aromatic rings. The van der Waals surface area contributed by atoms with E-state index in [4.69, 9.17) is 26.2 Å². The number of carboxylic acids is 2. The van der Waals surface area contributed by atoms with Crippen LogP contribution in [0, 0.1) is 0 Å². The van der Waals surface area contributed by atoms with Crippen molar-refractivity contribution >= 4 is 87.4 Å². The van der Waals surface area contributed by atoms with Gasteiger partial charge in [-0.05, 0) is 53.9 Å². The van der Waals surface area contributed by atoms with Gasteiger partial charge < -0.3 is 37.2 Å². The van der Waals surface area contributed by atoms with E-state index in [1.54, 1.807) is 0 Å². The Hall–Kier alpha value is -5.92. The number of carboxylic acid groups (broad SMARTS) is 2. The summed E-state index contributed by atoms with van der Waals surface area (Å²) in [5.74, 6) is -5.63. The summed E-state index contributed by atoms with van der Waals surface area (Å²) >= 11 is 0. The van der Waals surface area contributed by atoms with Crippen molar-refractivity contribution in [1.82, 2.24) is 0 Å². The van der Waals surface area contributed by atoms with Gasteiger partial charge in [-0.25, -0.2) is 9.59 Å². The summed E-state index contributed by atoms with van der Waals surface area (Å²) in [5.41, 5.74) is 7.70. The maximum absolute atomic E-state index is 11.9. The van der Waals surface area contributed by atoms with Crippen LogP contribution < -0.4 is 16.8 Å². The van der Waals surface area contributed by atoms with Crippen LogP contribution in [0.5, 0.6) is 11.5 Å². The third kappa shape index (κ3) is 8.75. The lowest BCUT2D eigenvalue weighted by Gasteiger charge is -2.13. The van der Waals surface area contributed by atoms with Crippen LogP contribution in [0.15, 0.2) is 73.4 Å². The van der Waals surface area contributed by atoms with E-state index >= 15 is 0 Å². The van der Waals surface area contributed by atoms with Crippen LogP contribution in [-0.4, -0.2) is 77.2 Å². The van der Waals surface area contributed by atoms with Crippen molar-refractivity contribution in [2.24, 2.45) is 10.2 Å². The zero-order valence-corrected chi connectivity index (χ0v) is 27.1. The second-order valence-corrected chi connectivity index (χ2v) is 13.9. The molecule has 21 nitrogen and oxygen atoms in total. The third-order valence-corrected chi connectivity index (χ3v) is 8.83. The van der Waals surface area contributed by atoms with Gasteiger partial charge in [0.15, 0.2) is 11.5 Å². The van der Waals surface area contributed by atoms with E-state index in [-0.39, 0.29) is 17.3 Å². The van der Waals surface area contributed by atoms with Crippen molar-refractivity contribution in [2.45, 2.75) is 21.6 Å². The van der Waals surface area contributed by atoms with E-state index < -0.39 is 107 Å². The number of nitrogens with zero attached hydrogens (tertiary/aromatic N) is 2. The maximum Gasteiger partial charge on any atom is 0.335 e. The minimum Gasteiger partial charge on any atom is -0.505 e. The van der Waals surface area contributed by atoms with Gasteiger partial charge in [-0.2, -0.15) is 30.4 Å². The van der Waals surface area contributed by atoms with Crippen LogP contribution in [0.2, 0.25) is 0 Å². The Morgan fingerprint density at radius 3 is 1.64 bits per heavy atom. The Balaban J connectivity index is 0.000000376. The SMILES string of the molecule is CC(=O)Nc1ccc(N)c(S(=O)(=O)O)c1.Nc1c(S(=O)(=O)O)cc2cc(S(=O)(=O)O)c(N=Nc3cc(C(=O)O)cc(C(=O)O)c3)c(O)c2c1O. The number of phenols is 2. The number of amides is 1. The van der Waals surface area contributed by atoms with Crippen molar-refractivity contribution < 1.29 is 73.7 Å². The number of nitrogen functional groups attached to an aromatic ring is 2. The Kier molecular flexibility index (Phi) is 10.7. The van der Waals surface area contributed by atoms with E-state index in [0.29, 0.717) is 12.1 Å². The summed E-state index contributed by atoms with van der Waals surface area (Å²) in [6.07, 6.45) is 0. The number of phenolic OH excluding ortho intramolecular Hbond substituents is 2.